The molecule has 8 nitrogen and oxygen atoms in total. The van der Waals surface area contributed by atoms with Crippen LogP contribution in [0.4, 0.5) is 0 Å². The van der Waals surface area contributed by atoms with Crippen molar-refractivity contribution in [3.8, 4) is 39.0 Å². The Labute approximate surface area is 220 Å². The number of halogens is 1. The van der Waals surface area contributed by atoms with Gasteiger partial charge in [-0.3, -0.25) is 0 Å². The quantitative estimate of drug-likeness (QED) is 0.329. The lowest BCUT2D eigenvalue weighted by Gasteiger charge is -2.15. The number of H-pyrrole nitrogens is 1. The molecule has 7 rings (SSSR count). The van der Waals surface area contributed by atoms with Crippen molar-refractivity contribution in [1.82, 2.24) is 19.9 Å². The van der Waals surface area contributed by atoms with Gasteiger partial charge in [0.05, 0.1) is 29.4 Å². The number of benzene rings is 2. The molecule has 2 N–H and O–H groups in total. The van der Waals surface area contributed by atoms with Gasteiger partial charge in [0.15, 0.2) is 11.8 Å². The van der Waals surface area contributed by atoms with E-state index in [4.69, 9.17) is 30.8 Å². The van der Waals surface area contributed by atoms with Gasteiger partial charge in [0.25, 0.3) is 6.01 Å². The van der Waals surface area contributed by atoms with E-state index in [0.29, 0.717) is 34.5 Å². The molecule has 10 heteroatoms. The van der Waals surface area contributed by atoms with E-state index in [9.17, 15) is 5.11 Å². The summed E-state index contributed by atoms with van der Waals surface area (Å²) in [7, 11) is 0. The van der Waals surface area contributed by atoms with E-state index in [-0.39, 0.29) is 24.9 Å². The number of aliphatic hydroxyl groups excluding tert-OH is 1. The maximum atomic E-state index is 9.94. The fourth-order valence-corrected chi connectivity index (χ4v) is 5.74. The van der Waals surface area contributed by atoms with E-state index in [2.05, 4.69) is 51.4 Å². The Kier molecular flexibility index (Phi) is 5.67. The van der Waals surface area contributed by atoms with Crippen LogP contribution in [-0.2, 0) is 9.47 Å². The molecule has 186 valence electrons. The highest BCUT2D eigenvalue weighted by Gasteiger charge is 2.48. The van der Waals surface area contributed by atoms with Crippen LogP contribution in [0.25, 0.3) is 44.1 Å². The zero-order valence-electron chi connectivity index (χ0n) is 19.4. The Bertz CT molecular complexity index is 1560. The molecule has 0 radical (unpaired) electrons. The fraction of sp³-hybridized carbons (Fsp3) is 0.222. The summed E-state index contributed by atoms with van der Waals surface area (Å²) in [5, 5.41) is 13.4. The second kappa shape index (κ2) is 9.20. The number of hydrogen-bond donors (Lipinski definition) is 2. The van der Waals surface area contributed by atoms with Crippen molar-refractivity contribution in [2.75, 3.05) is 13.2 Å². The number of fused-ring (bicyclic) bond motifs is 2. The molecule has 5 heterocycles. The third-order valence-corrected chi connectivity index (χ3v) is 7.82. The number of ether oxygens (including phenoxy) is 3. The van der Waals surface area contributed by atoms with E-state index in [1.54, 1.807) is 17.4 Å². The van der Waals surface area contributed by atoms with Crippen LogP contribution in [0.5, 0.6) is 6.01 Å². The summed E-state index contributed by atoms with van der Waals surface area (Å²) in [6, 6.07) is 18.6. The number of pyridine rings is 1. The van der Waals surface area contributed by atoms with Gasteiger partial charge in [-0.1, -0.05) is 60.1 Å². The van der Waals surface area contributed by atoms with Crippen LogP contribution in [0.1, 0.15) is 0 Å². The summed E-state index contributed by atoms with van der Waals surface area (Å²) in [5.74, 6) is 0. The zero-order chi connectivity index (χ0) is 24.9. The van der Waals surface area contributed by atoms with Gasteiger partial charge in [0.1, 0.15) is 23.3 Å². The van der Waals surface area contributed by atoms with Crippen LogP contribution in [0, 0.1) is 0 Å². The first-order chi connectivity index (χ1) is 18.1. The van der Waals surface area contributed by atoms with Gasteiger partial charge in [0.2, 0.25) is 0 Å². The molecule has 37 heavy (non-hydrogen) atoms. The smallest absolute Gasteiger partial charge is 0.296 e. The largest absolute Gasteiger partial charge is 0.456 e. The maximum Gasteiger partial charge on any atom is 0.296 e. The van der Waals surface area contributed by atoms with Crippen molar-refractivity contribution >= 4 is 34.1 Å². The molecule has 0 aliphatic carbocycles. The summed E-state index contributed by atoms with van der Waals surface area (Å²) in [6.45, 7) is 0.565. The van der Waals surface area contributed by atoms with Crippen LogP contribution < -0.4 is 4.74 Å². The highest BCUT2D eigenvalue weighted by Crippen LogP contribution is 2.33. The minimum atomic E-state index is -0.633. The van der Waals surface area contributed by atoms with Gasteiger partial charge in [-0.05, 0) is 17.2 Å². The predicted octanol–water partition coefficient (Wildman–Crippen LogP) is 4.97. The van der Waals surface area contributed by atoms with Crippen LogP contribution >= 0.6 is 22.9 Å². The standard InChI is InChI=1S/C27H21ClN4O4S/c28-18-11-19-25(32-27(30-19)36-21-13-35-23-20(33)12-34-24(21)23)31-22(18)16-5-1-14(2-6-16)15-3-7-17(8-4-15)26-29-9-10-37-26/h1-11,20-21,23-24,33H,12-13H2,(H,30,31,32)/t20-,21-,23-,24-/m1/s1. The lowest BCUT2D eigenvalue weighted by atomic mass is 10.0. The average Bonchev–Trinajstić information content (AvgIpc) is 3.71. The topological polar surface area (TPSA) is 102 Å². The summed E-state index contributed by atoms with van der Waals surface area (Å²) < 4.78 is 17.2. The number of aromatic nitrogens is 4. The van der Waals surface area contributed by atoms with Gasteiger partial charge in [0, 0.05) is 22.7 Å². The number of imidazole rings is 1. The van der Waals surface area contributed by atoms with Crippen molar-refractivity contribution in [3.63, 3.8) is 0 Å². The van der Waals surface area contributed by atoms with Gasteiger partial charge in [-0.15, -0.1) is 11.3 Å². The van der Waals surface area contributed by atoms with Crippen molar-refractivity contribution in [2.45, 2.75) is 24.4 Å². The van der Waals surface area contributed by atoms with Gasteiger partial charge in [-0.25, -0.2) is 9.97 Å². The highest BCUT2D eigenvalue weighted by atomic mass is 35.5. The Morgan fingerprint density at radius 1 is 0.919 bits per heavy atom. The minimum absolute atomic E-state index is 0.243. The molecule has 2 aromatic carbocycles. The predicted molar refractivity (Wildman–Crippen MR) is 141 cm³/mol. The van der Waals surface area contributed by atoms with Crippen LogP contribution in [0.2, 0.25) is 5.02 Å². The molecule has 2 fully saturated rings. The molecule has 2 aliphatic rings. The lowest BCUT2D eigenvalue weighted by molar-refractivity contribution is 0.00706. The van der Waals surface area contributed by atoms with E-state index < -0.39 is 6.10 Å². The van der Waals surface area contributed by atoms with Gasteiger partial charge in [-0.2, -0.15) is 4.98 Å². The summed E-state index contributed by atoms with van der Waals surface area (Å²) >= 11 is 8.23. The number of hydrogen-bond acceptors (Lipinski definition) is 8. The van der Waals surface area contributed by atoms with Crippen LogP contribution in [0.15, 0.2) is 66.2 Å². The molecule has 2 saturated heterocycles. The average molecular weight is 533 g/mol. The van der Waals surface area contributed by atoms with Crippen LogP contribution in [0.3, 0.4) is 0 Å². The van der Waals surface area contributed by atoms with Crippen molar-refractivity contribution < 1.29 is 19.3 Å². The first-order valence-electron chi connectivity index (χ1n) is 11.9. The number of nitrogens with zero attached hydrogens (tertiary/aromatic N) is 3. The van der Waals surface area contributed by atoms with Gasteiger partial charge < -0.3 is 24.3 Å². The van der Waals surface area contributed by atoms with Crippen molar-refractivity contribution in [1.29, 1.82) is 0 Å². The normalized spacial score (nSPS) is 23.0. The number of thiazole rings is 1. The Morgan fingerprint density at radius 3 is 2.35 bits per heavy atom. The second-order valence-corrected chi connectivity index (χ2v) is 10.3. The molecule has 0 spiro atoms. The molecule has 0 bridgehead atoms. The summed E-state index contributed by atoms with van der Waals surface area (Å²) in [4.78, 5) is 16.7. The molecule has 5 aromatic rings. The molecule has 0 unspecified atom stereocenters. The fourth-order valence-electron chi connectivity index (χ4n) is 4.83. The number of rotatable bonds is 5. The Balaban J connectivity index is 1.11. The SMILES string of the molecule is O[C@@H]1CO[C@H]2[C@@H]1OC[C@H]2Oc1nc2nc(-c3ccc(-c4ccc(-c5nccs5)cc4)cc3)c(Cl)cc2[nH]1. The highest BCUT2D eigenvalue weighted by molar-refractivity contribution is 7.13. The molecule has 2 aliphatic heterocycles. The number of aromatic amines is 1. The van der Waals surface area contributed by atoms with Crippen LogP contribution in [-0.4, -0.2) is 62.7 Å². The lowest BCUT2D eigenvalue weighted by Crippen LogP contribution is -2.34. The molecular weight excluding hydrogens is 512 g/mol. The molecule has 4 atom stereocenters. The Hall–Kier alpha value is -3.34. The third-order valence-electron chi connectivity index (χ3n) is 6.71. The van der Waals surface area contributed by atoms with Crippen molar-refractivity contribution in [3.05, 3.63) is 71.2 Å². The van der Waals surface area contributed by atoms with E-state index in [0.717, 1.165) is 27.3 Å². The Morgan fingerprint density at radius 2 is 1.62 bits per heavy atom. The van der Waals surface area contributed by atoms with E-state index >= 15 is 0 Å². The number of aliphatic hydroxyl groups is 1. The molecular formula is C27H21ClN4O4S. The summed E-state index contributed by atoms with van der Waals surface area (Å²) in [5.41, 5.74) is 6.02. The monoisotopic (exact) mass is 532 g/mol. The van der Waals surface area contributed by atoms with Crippen molar-refractivity contribution in [2.24, 2.45) is 0 Å². The maximum absolute atomic E-state index is 9.94. The molecule has 0 saturated carbocycles. The number of nitrogens with one attached hydrogen (secondary N) is 1. The van der Waals surface area contributed by atoms with E-state index in [1.165, 1.54) is 0 Å². The van der Waals surface area contributed by atoms with E-state index in [1.807, 2.05) is 23.7 Å². The minimum Gasteiger partial charge on any atom is -0.456 e. The molecule has 3 aromatic heterocycles. The molecule has 0 amide bonds. The first-order valence-corrected chi connectivity index (χ1v) is 13.1. The zero-order valence-corrected chi connectivity index (χ0v) is 20.9. The summed E-state index contributed by atoms with van der Waals surface area (Å²) in [6.07, 6.45) is 0.132. The second-order valence-electron chi connectivity index (χ2n) is 9.04. The van der Waals surface area contributed by atoms with Gasteiger partial charge >= 0.3 is 0 Å². The first kappa shape index (κ1) is 22.8. The third kappa shape index (κ3) is 4.18.